The Labute approximate surface area is 214 Å². The van der Waals surface area contributed by atoms with Gasteiger partial charge in [0.2, 0.25) is 17.8 Å². The number of imidazole rings is 1. The molecule has 2 amide bonds. The number of nitrogens with zero attached hydrogens (tertiary/aromatic N) is 3. The molecule has 10 heteroatoms. The van der Waals surface area contributed by atoms with E-state index in [4.69, 9.17) is 25.8 Å². The average Bonchev–Trinajstić information content (AvgIpc) is 3.60. The molecule has 1 aromatic heterocycles. The molecule has 0 radical (unpaired) electrons. The maximum absolute atomic E-state index is 13.1. The molecule has 36 heavy (non-hydrogen) atoms. The average molecular weight is 513 g/mol. The molecule has 4 rings (SSSR count). The van der Waals surface area contributed by atoms with Gasteiger partial charge in [0.25, 0.3) is 0 Å². The van der Waals surface area contributed by atoms with Gasteiger partial charge in [-0.2, -0.15) is 0 Å². The third-order valence-corrected chi connectivity index (χ3v) is 6.12. The molecule has 1 saturated carbocycles. The Morgan fingerprint density at radius 3 is 2.44 bits per heavy atom. The predicted molar refractivity (Wildman–Crippen MR) is 137 cm³/mol. The summed E-state index contributed by atoms with van der Waals surface area (Å²) in [5.74, 6) is 1.29. The van der Waals surface area contributed by atoms with Crippen LogP contribution in [-0.4, -0.2) is 67.3 Å². The van der Waals surface area contributed by atoms with E-state index in [0.717, 1.165) is 18.4 Å². The fraction of sp³-hybridized carbons (Fsp3) is 0.346. The van der Waals surface area contributed by atoms with Gasteiger partial charge in [0.1, 0.15) is 13.2 Å². The Hall–Kier alpha value is -3.56. The molecule has 1 aliphatic rings. The molecule has 1 N–H and O–H groups in total. The van der Waals surface area contributed by atoms with Crippen molar-refractivity contribution >= 4 is 29.4 Å². The Morgan fingerprint density at radius 1 is 1.08 bits per heavy atom. The zero-order chi connectivity index (χ0) is 25.7. The number of carbonyl (C=O) groups is 2. The van der Waals surface area contributed by atoms with Gasteiger partial charge in [-0.25, -0.2) is 4.98 Å². The summed E-state index contributed by atoms with van der Waals surface area (Å²) >= 11 is 6.05. The summed E-state index contributed by atoms with van der Waals surface area (Å²) in [6.07, 6.45) is 3.94. The van der Waals surface area contributed by atoms with Gasteiger partial charge in [-0.05, 0) is 43.0 Å². The van der Waals surface area contributed by atoms with Crippen LogP contribution < -0.4 is 14.8 Å². The highest BCUT2D eigenvalue weighted by molar-refractivity contribution is 6.30. The van der Waals surface area contributed by atoms with Gasteiger partial charge in [-0.3, -0.25) is 19.5 Å². The molecule has 0 atom stereocenters. The number of aromatic nitrogens is 2. The maximum atomic E-state index is 13.1. The molecular formula is C26H29ClN4O5. The highest BCUT2D eigenvalue weighted by atomic mass is 35.5. The first-order valence-corrected chi connectivity index (χ1v) is 11.9. The number of hydrogen-bond acceptors (Lipinski definition) is 6. The van der Waals surface area contributed by atoms with Crippen LogP contribution in [0.2, 0.25) is 5.02 Å². The van der Waals surface area contributed by atoms with Crippen LogP contribution in [-0.2, 0) is 14.3 Å². The highest BCUT2D eigenvalue weighted by Crippen LogP contribution is 2.32. The van der Waals surface area contributed by atoms with Gasteiger partial charge in [-0.15, -0.1) is 0 Å². The number of nitrogens with one attached hydrogen (secondary N) is 1. The second-order valence-corrected chi connectivity index (χ2v) is 9.00. The van der Waals surface area contributed by atoms with Crippen molar-refractivity contribution in [2.75, 3.05) is 46.3 Å². The van der Waals surface area contributed by atoms with Crippen LogP contribution in [0.25, 0.3) is 16.9 Å². The maximum Gasteiger partial charge on any atom is 0.249 e. The summed E-state index contributed by atoms with van der Waals surface area (Å²) < 4.78 is 17.6. The van der Waals surface area contributed by atoms with E-state index in [0.29, 0.717) is 46.3 Å². The van der Waals surface area contributed by atoms with Crippen LogP contribution in [0.1, 0.15) is 12.8 Å². The number of ether oxygens (including phenoxy) is 3. The van der Waals surface area contributed by atoms with Gasteiger partial charge >= 0.3 is 0 Å². The first-order valence-electron chi connectivity index (χ1n) is 11.6. The summed E-state index contributed by atoms with van der Waals surface area (Å²) in [5.41, 5.74) is 2.18. The van der Waals surface area contributed by atoms with Crippen LogP contribution in [0, 0.1) is 5.92 Å². The number of carbonyl (C=O) groups excluding carboxylic acids is 2. The van der Waals surface area contributed by atoms with E-state index in [1.54, 1.807) is 48.0 Å². The second-order valence-electron chi connectivity index (χ2n) is 8.56. The topological polar surface area (TPSA) is 94.9 Å². The fourth-order valence-corrected chi connectivity index (χ4v) is 3.94. The number of hydrogen-bond donors (Lipinski definition) is 1. The zero-order valence-electron chi connectivity index (χ0n) is 20.5. The summed E-state index contributed by atoms with van der Waals surface area (Å²) in [5, 5.41) is 3.49. The number of halogens is 1. The van der Waals surface area contributed by atoms with Crippen molar-refractivity contribution in [1.29, 1.82) is 0 Å². The van der Waals surface area contributed by atoms with E-state index in [2.05, 4.69) is 10.3 Å². The lowest BCUT2D eigenvalue weighted by atomic mass is 10.2. The number of benzene rings is 2. The number of methoxy groups -OCH3 is 3. The molecular weight excluding hydrogens is 484 g/mol. The van der Waals surface area contributed by atoms with Crippen molar-refractivity contribution in [2.24, 2.45) is 5.92 Å². The van der Waals surface area contributed by atoms with Gasteiger partial charge in [0, 0.05) is 36.5 Å². The van der Waals surface area contributed by atoms with Crippen molar-refractivity contribution < 1.29 is 23.8 Å². The minimum absolute atomic E-state index is 0.0685. The first kappa shape index (κ1) is 25.5. The Morgan fingerprint density at radius 2 is 1.81 bits per heavy atom. The number of amides is 2. The van der Waals surface area contributed by atoms with Crippen LogP contribution in [0.4, 0.5) is 5.95 Å². The molecule has 1 heterocycles. The van der Waals surface area contributed by atoms with E-state index in [1.807, 2.05) is 24.4 Å². The molecule has 190 valence electrons. The van der Waals surface area contributed by atoms with Crippen LogP contribution in [0.15, 0.2) is 48.7 Å². The molecule has 0 spiro atoms. The quantitative estimate of drug-likeness (QED) is 0.417. The van der Waals surface area contributed by atoms with Gasteiger partial charge in [-0.1, -0.05) is 23.7 Å². The summed E-state index contributed by atoms with van der Waals surface area (Å²) in [6.45, 7) is 0.379. The van der Waals surface area contributed by atoms with Crippen molar-refractivity contribution in [3.8, 4) is 28.4 Å². The minimum Gasteiger partial charge on any atom is -0.493 e. The van der Waals surface area contributed by atoms with Crippen molar-refractivity contribution in [3.63, 3.8) is 0 Å². The third-order valence-electron chi connectivity index (χ3n) is 5.87. The minimum atomic E-state index is -0.352. The molecule has 0 unspecified atom stereocenters. The van der Waals surface area contributed by atoms with E-state index < -0.39 is 0 Å². The van der Waals surface area contributed by atoms with Gasteiger partial charge < -0.3 is 19.1 Å². The monoisotopic (exact) mass is 512 g/mol. The predicted octanol–water partition coefficient (Wildman–Crippen LogP) is 4.03. The second kappa shape index (κ2) is 11.5. The molecule has 3 aromatic rings. The molecule has 1 fully saturated rings. The summed E-state index contributed by atoms with van der Waals surface area (Å²) in [7, 11) is 4.59. The molecule has 1 aliphatic carbocycles. The Kier molecular flexibility index (Phi) is 8.12. The van der Waals surface area contributed by atoms with E-state index in [9.17, 15) is 9.59 Å². The first-order chi connectivity index (χ1) is 17.4. The normalized spacial score (nSPS) is 12.8. The van der Waals surface area contributed by atoms with Crippen molar-refractivity contribution in [2.45, 2.75) is 12.8 Å². The van der Waals surface area contributed by atoms with Gasteiger partial charge in [0.05, 0.1) is 25.6 Å². The molecule has 0 aliphatic heterocycles. The van der Waals surface area contributed by atoms with Crippen LogP contribution in [0.3, 0.4) is 0 Å². The lowest BCUT2D eigenvalue weighted by Gasteiger charge is -2.21. The van der Waals surface area contributed by atoms with Gasteiger partial charge in [0.15, 0.2) is 11.5 Å². The lowest BCUT2D eigenvalue weighted by molar-refractivity contribution is -0.138. The standard InChI is InChI=1S/C26H29ClN4O5/c1-34-16-25(33)30(13-17-4-5-17)15-24(32)29-26-28-21(18-6-8-19(27)9-7-18)14-31(26)20-10-11-22(35-2)23(12-20)36-3/h6-12,14,17H,4-5,13,15-16H2,1-3H3,(H,28,29,32). The largest absolute Gasteiger partial charge is 0.493 e. The van der Waals surface area contributed by atoms with E-state index in [1.165, 1.54) is 7.11 Å². The molecule has 2 aromatic carbocycles. The molecule has 9 nitrogen and oxygen atoms in total. The number of rotatable bonds is 11. The highest BCUT2D eigenvalue weighted by Gasteiger charge is 2.28. The van der Waals surface area contributed by atoms with Crippen LogP contribution >= 0.6 is 11.6 Å². The third kappa shape index (κ3) is 6.16. The Bertz CT molecular complexity index is 1220. The fourth-order valence-electron chi connectivity index (χ4n) is 3.82. The number of anilines is 1. The molecule has 0 bridgehead atoms. The molecule has 0 saturated heterocycles. The SMILES string of the molecule is COCC(=O)N(CC(=O)Nc1nc(-c2ccc(Cl)cc2)cn1-c1ccc(OC)c(OC)c1)CC1CC1. The Balaban J connectivity index is 1.64. The van der Waals surface area contributed by atoms with Crippen molar-refractivity contribution in [1.82, 2.24) is 14.5 Å². The van der Waals surface area contributed by atoms with Crippen LogP contribution in [0.5, 0.6) is 11.5 Å². The lowest BCUT2D eigenvalue weighted by Crippen LogP contribution is -2.41. The van der Waals surface area contributed by atoms with E-state index in [-0.39, 0.29) is 25.0 Å². The summed E-state index contributed by atoms with van der Waals surface area (Å²) in [4.78, 5) is 31.8. The van der Waals surface area contributed by atoms with Crippen molar-refractivity contribution in [3.05, 3.63) is 53.7 Å². The van der Waals surface area contributed by atoms with E-state index >= 15 is 0 Å². The zero-order valence-corrected chi connectivity index (χ0v) is 21.2. The summed E-state index contributed by atoms with van der Waals surface area (Å²) in [6, 6.07) is 12.7. The smallest absolute Gasteiger partial charge is 0.249 e.